The van der Waals surface area contributed by atoms with Crippen LogP contribution in [0.15, 0.2) is 52.2 Å². The second-order valence-electron chi connectivity index (χ2n) is 4.72. The highest BCUT2D eigenvalue weighted by Crippen LogP contribution is 2.09. The molecule has 0 saturated carbocycles. The molecule has 2 N–H and O–H groups in total. The van der Waals surface area contributed by atoms with Crippen molar-refractivity contribution in [2.24, 2.45) is 0 Å². The summed E-state index contributed by atoms with van der Waals surface area (Å²) >= 11 is 0. The van der Waals surface area contributed by atoms with Crippen LogP contribution in [0.2, 0.25) is 0 Å². The van der Waals surface area contributed by atoms with Gasteiger partial charge in [0.15, 0.2) is 5.65 Å². The predicted molar refractivity (Wildman–Crippen MR) is 79.1 cm³/mol. The Morgan fingerprint density at radius 2 is 1.91 bits per heavy atom. The molecule has 0 aliphatic rings. The number of aromatic nitrogens is 3. The summed E-state index contributed by atoms with van der Waals surface area (Å²) in [6.07, 6.45) is 1.53. The van der Waals surface area contributed by atoms with Gasteiger partial charge in [0.25, 0.3) is 0 Å². The van der Waals surface area contributed by atoms with Crippen molar-refractivity contribution in [3.8, 4) is 0 Å². The smallest absolute Gasteiger partial charge is 0.335 e. The Hall–Kier alpha value is -3.22. The number of rotatable bonds is 3. The molecule has 7 nitrogen and oxygen atoms in total. The van der Waals surface area contributed by atoms with Crippen molar-refractivity contribution in [1.29, 1.82) is 0 Å². The molecule has 1 aromatic carbocycles. The van der Waals surface area contributed by atoms with Gasteiger partial charge in [-0.3, -0.25) is 14.2 Å². The van der Waals surface area contributed by atoms with Crippen LogP contribution in [0.5, 0.6) is 0 Å². The number of hydrogen-bond donors (Lipinski definition) is 2. The van der Waals surface area contributed by atoms with Gasteiger partial charge < -0.3 is 10.1 Å². The number of benzene rings is 1. The van der Waals surface area contributed by atoms with Gasteiger partial charge in [0.2, 0.25) is 0 Å². The normalized spacial score (nSPS) is 10.7. The number of H-pyrrole nitrogens is 1. The van der Waals surface area contributed by atoms with Gasteiger partial charge >= 0.3 is 17.1 Å². The molecule has 0 aliphatic carbocycles. The molecule has 0 unspecified atom stereocenters. The van der Waals surface area contributed by atoms with Crippen molar-refractivity contribution in [2.75, 3.05) is 0 Å². The van der Waals surface area contributed by atoms with Crippen molar-refractivity contribution < 1.29 is 9.90 Å². The van der Waals surface area contributed by atoms with Crippen LogP contribution in [0.1, 0.15) is 15.9 Å². The number of carboxylic acid groups (broad SMARTS) is 1. The van der Waals surface area contributed by atoms with Crippen molar-refractivity contribution in [3.05, 3.63) is 74.4 Å². The Labute approximate surface area is 123 Å². The zero-order valence-electron chi connectivity index (χ0n) is 11.3. The average molecular weight is 297 g/mol. The first kappa shape index (κ1) is 13.7. The van der Waals surface area contributed by atoms with E-state index in [2.05, 4.69) is 9.97 Å². The van der Waals surface area contributed by atoms with E-state index in [4.69, 9.17) is 5.11 Å². The molecule has 110 valence electrons. The lowest BCUT2D eigenvalue weighted by Gasteiger charge is -2.08. The molecule has 0 aliphatic heterocycles. The summed E-state index contributed by atoms with van der Waals surface area (Å²) in [6, 6.07) is 9.43. The number of nitrogens with one attached hydrogen (secondary N) is 1. The molecule has 0 atom stereocenters. The number of nitrogens with zero attached hydrogens (tertiary/aromatic N) is 2. The number of carbonyl (C=O) groups is 1. The quantitative estimate of drug-likeness (QED) is 0.697. The van der Waals surface area contributed by atoms with Gasteiger partial charge in [-0.15, -0.1) is 0 Å². The van der Waals surface area contributed by atoms with Gasteiger partial charge in [0, 0.05) is 6.20 Å². The summed E-state index contributed by atoms with van der Waals surface area (Å²) in [4.78, 5) is 41.2. The minimum atomic E-state index is -1.02. The first-order valence-corrected chi connectivity index (χ1v) is 6.46. The van der Waals surface area contributed by atoms with Gasteiger partial charge in [0.1, 0.15) is 0 Å². The molecule has 7 heteroatoms. The fraction of sp³-hybridized carbons (Fsp3) is 0.0667. The fourth-order valence-electron chi connectivity index (χ4n) is 2.19. The van der Waals surface area contributed by atoms with E-state index in [1.807, 2.05) is 0 Å². The van der Waals surface area contributed by atoms with Gasteiger partial charge in [0.05, 0.1) is 17.6 Å². The standard InChI is InChI=1S/C15H11N3O4/c19-13-14(20)18(12-11(17-13)2-1-7-16-12)8-9-3-5-10(6-4-9)15(21)22/h1-7H,8H2,(H,17,19)(H,21,22). The number of hydrogen-bond acceptors (Lipinski definition) is 4. The fourth-order valence-corrected chi connectivity index (χ4v) is 2.19. The molecule has 3 rings (SSSR count). The first-order valence-electron chi connectivity index (χ1n) is 6.46. The van der Waals surface area contributed by atoms with Gasteiger partial charge in [-0.1, -0.05) is 12.1 Å². The molecule has 2 heterocycles. The lowest BCUT2D eigenvalue weighted by atomic mass is 10.1. The lowest BCUT2D eigenvalue weighted by Crippen LogP contribution is -2.36. The van der Waals surface area contributed by atoms with E-state index >= 15 is 0 Å². The van der Waals surface area contributed by atoms with E-state index < -0.39 is 17.1 Å². The van der Waals surface area contributed by atoms with Crippen LogP contribution in [0.4, 0.5) is 0 Å². The monoisotopic (exact) mass is 297 g/mol. The second-order valence-corrected chi connectivity index (χ2v) is 4.72. The van der Waals surface area contributed by atoms with E-state index in [1.165, 1.54) is 22.9 Å². The third-order valence-corrected chi connectivity index (χ3v) is 3.27. The van der Waals surface area contributed by atoms with E-state index in [0.717, 1.165) is 0 Å². The largest absolute Gasteiger partial charge is 0.478 e. The Morgan fingerprint density at radius 3 is 2.59 bits per heavy atom. The predicted octanol–water partition coefficient (Wildman–Crippen LogP) is 0.831. The van der Waals surface area contributed by atoms with E-state index in [0.29, 0.717) is 16.7 Å². The number of aromatic amines is 1. The molecule has 0 fully saturated rings. The van der Waals surface area contributed by atoms with E-state index in [1.54, 1.807) is 24.3 Å². The Kier molecular flexibility index (Phi) is 3.30. The maximum Gasteiger partial charge on any atom is 0.335 e. The van der Waals surface area contributed by atoms with Crippen molar-refractivity contribution in [2.45, 2.75) is 6.54 Å². The van der Waals surface area contributed by atoms with Crippen LogP contribution in [-0.4, -0.2) is 25.6 Å². The van der Waals surface area contributed by atoms with Crippen LogP contribution in [0, 0.1) is 0 Å². The average Bonchev–Trinajstić information content (AvgIpc) is 2.52. The summed E-state index contributed by atoms with van der Waals surface area (Å²) in [5.74, 6) is -1.02. The zero-order valence-corrected chi connectivity index (χ0v) is 11.3. The van der Waals surface area contributed by atoms with Gasteiger partial charge in [-0.25, -0.2) is 9.78 Å². The third kappa shape index (κ3) is 2.39. The highest BCUT2D eigenvalue weighted by molar-refractivity contribution is 5.87. The molecule has 0 spiro atoms. The summed E-state index contributed by atoms with van der Waals surface area (Å²) in [6.45, 7) is 0.135. The van der Waals surface area contributed by atoms with Crippen LogP contribution >= 0.6 is 0 Å². The van der Waals surface area contributed by atoms with Crippen molar-refractivity contribution in [1.82, 2.24) is 14.5 Å². The Balaban J connectivity index is 2.10. The summed E-state index contributed by atoms with van der Waals surface area (Å²) in [5, 5.41) is 8.88. The molecule has 0 radical (unpaired) electrons. The van der Waals surface area contributed by atoms with Crippen LogP contribution < -0.4 is 11.1 Å². The summed E-state index contributed by atoms with van der Waals surface area (Å²) < 4.78 is 1.27. The Bertz CT molecular complexity index is 970. The highest BCUT2D eigenvalue weighted by Gasteiger charge is 2.09. The maximum atomic E-state index is 12.0. The first-order chi connectivity index (χ1) is 10.6. The SMILES string of the molecule is O=C(O)c1ccc(Cn2c(=O)c(=O)[nH]c3cccnc32)cc1. The Morgan fingerprint density at radius 1 is 1.18 bits per heavy atom. The third-order valence-electron chi connectivity index (χ3n) is 3.27. The van der Waals surface area contributed by atoms with Crippen LogP contribution in [0.25, 0.3) is 11.2 Å². The van der Waals surface area contributed by atoms with Gasteiger partial charge in [-0.05, 0) is 29.8 Å². The molecule has 2 aromatic heterocycles. The number of aromatic carboxylic acids is 1. The molecular formula is C15H11N3O4. The lowest BCUT2D eigenvalue weighted by molar-refractivity contribution is 0.0697. The molecule has 0 bridgehead atoms. The summed E-state index contributed by atoms with van der Waals surface area (Å²) in [7, 11) is 0. The van der Waals surface area contributed by atoms with Crippen molar-refractivity contribution in [3.63, 3.8) is 0 Å². The highest BCUT2D eigenvalue weighted by atomic mass is 16.4. The van der Waals surface area contributed by atoms with Gasteiger partial charge in [-0.2, -0.15) is 0 Å². The molecule has 0 amide bonds. The summed E-state index contributed by atoms with van der Waals surface area (Å²) in [5.41, 5.74) is 0.273. The minimum absolute atomic E-state index is 0.135. The van der Waals surface area contributed by atoms with Crippen LogP contribution in [-0.2, 0) is 6.54 Å². The van der Waals surface area contributed by atoms with E-state index in [9.17, 15) is 14.4 Å². The maximum absolute atomic E-state index is 12.0. The second kappa shape index (κ2) is 5.28. The van der Waals surface area contributed by atoms with E-state index in [-0.39, 0.29) is 12.1 Å². The van der Waals surface area contributed by atoms with Crippen molar-refractivity contribution >= 4 is 17.1 Å². The molecular weight excluding hydrogens is 286 g/mol. The minimum Gasteiger partial charge on any atom is -0.478 e. The zero-order chi connectivity index (χ0) is 15.7. The number of pyridine rings is 1. The van der Waals surface area contributed by atoms with Crippen LogP contribution in [0.3, 0.4) is 0 Å². The number of fused-ring (bicyclic) bond motifs is 1. The topological polar surface area (TPSA) is 105 Å². The molecule has 0 saturated heterocycles. The number of carboxylic acids is 1. The molecule has 3 aromatic rings. The molecule has 22 heavy (non-hydrogen) atoms.